The fourth-order valence-corrected chi connectivity index (χ4v) is 1.71. The quantitative estimate of drug-likeness (QED) is 0.588. The molecule has 1 heteroatoms. The molecule has 0 amide bonds. The van der Waals surface area contributed by atoms with E-state index in [1.165, 1.54) is 15.6 Å². The number of benzene rings is 2. The maximum atomic E-state index is 2.20. The van der Waals surface area contributed by atoms with Crippen molar-refractivity contribution in [3.05, 3.63) is 54.6 Å². The van der Waals surface area contributed by atoms with E-state index in [1.54, 1.807) is 0 Å². The van der Waals surface area contributed by atoms with Crippen LogP contribution in [0, 0.1) is 0 Å². The van der Waals surface area contributed by atoms with Crippen molar-refractivity contribution in [1.82, 2.24) is 0 Å². The summed E-state index contributed by atoms with van der Waals surface area (Å²) >= 11 is 1.13. The van der Waals surface area contributed by atoms with Gasteiger partial charge in [-0.15, -0.1) is 4.43 Å². The molecule has 0 saturated carbocycles. The van der Waals surface area contributed by atoms with E-state index in [0.717, 1.165) is 16.3 Å². The summed E-state index contributed by atoms with van der Waals surface area (Å²) in [6, 6.07) is 19.3. The molecule has 2 rings (SSSR count). The molecule has 0 aliphatic carbocycles. The lowest BCUT2D eigenvalue weighted by Gasteiger charge is -2.00. The lowest BCUT2D eigenvalue weighted by Crippen LogP contribution is -1.98. The number of hydrogen-bond acceptors (Lipinski definition) is 0. The van der Waals surface area contributed by atoms with Gasteiger partial charge in [-0.25, -0.2) is 0 Å². The van der Waals surface area contributed by atoms with Crippen LogP contribution in [-0.2, 0) is 0 Å². The van der Waals surface area contributed by atoms with Crippen molar-refractivity contribution in [3.63, 3.8) is 0 Å². The SMILES string of the molecule is [AlH2][c]1ccc(-c2ccccc2)cc1. The van der Waals surface area contributed by atoms with Gasteiger partial charge in [-0.05, 0) is 11.1 Å². The van der Waals surface area contributed by atoms with Crippen LogP contribution in [0.1, 0.15) is 0 Å². The minimum Gasteiger partial charge on any atom is -0.121 e. The summed E-state index contributed by atoms with van der Waals surface area (Å²) in [7, 11) is 0. The summed E-state index contributed by atoms with van der Waals surface area (Å²) in [5.41, 5.74) is 2.60. The van der Waals surface area contributed by atoms with Crippen LogP contribution in [0.15, 0.2) is 54.6 Å². The Hall–Kier alpha value is -1.03. The van der Waals surface area contributed by atoms with Crippen LogP contribution in [0.3, 0.4) is 0 Å². The molecule has 2 aromatic rings. The molecule has 0 saturated heterocycles. The molecule has 62 valence electrons. The van der Waals surface area contributed by atoms with Crippen LogP contribution in [0.5, 0.6) is 0 Å². The molecule has 0 heterocycles. The van der Waals surface area contributed by atoms with Gasteiger partial charge in [0.2, 0.25) is 0 Å². The highest BCUT2D eigenvalue weighted by Crippen LogP contribution is 2.16. The zero-order chi connectivity index (χ0) is 9.10. The van der Waals surface area contributed by atoms with Crippen molar-refractivity contribution in [2.75, 3.05) is 0 Å². The van der Waals surface area contributed by atoms with Crippen molar-refractivity contribution in [2.24, 2.45) is 0 Å². The second-order valence-electron chi connectivity index (χ2n) is 3.23. The maximum Gasteiger partial charge on any atom is 0.258 e. The molecule has 13 heavy (non-hydrogen) atoms. The highest BCUT2D eigenvalue weighted by Gasteiger charge is 1.93. The van der Waals surface area contributed by atoms with Crippen LogP contribution in [0.4, 0.5) is 0 Å². The van der Waals surface area contributed by atoms with Crippen LogP contribution in [0.25, 0.3) is 11.1 Å². The maximum absolute atomic E-state index is 2.20. The van der Waals surface area contributed by atoms with E-state index >= 15 is 0 Å². The van der Waals surface area contributed by atoms with Gasteiger partial charge < -0.3 is 0 Å². The molecule has 0 atom stereocenters. The lowest BCUT2D eigenvalue weighted by molar-refractivity contribution is 1.64. The molecule has 0 aliphatic heterocycles. The highest BCUT2D eigenvalue weighted by molar-refractivity contribution is 6.32. The lowest BCUT2D eigenvalue weighted by atomic mass is 10.1. The second-order valence-corrected chi connectivity index (χ2v) is 4.39. The van der Waals surface area contributed by atoms with Crippen molar-refractivity contribution < 1.29 is 0 Å². The van der Waals surface area contributed by atoms with Crippen molar-refractivity contribution >= 4 is 20.7 Å². The Labute approximate surface area is 86.7 Å². The zero-order valence-electron chi connectivity index (χ0n) is 7.70. The first-order valence-electron chi connectivity index (χ1n) is 4.48. The molecule has 0 aromatic heterocycles. The molecule has 0 bridgehead atoms. The Bertz CT molecular complexity index is 376. The van der Waals surface area contributed by atoms with Gasteiger partial charge in [0, 0.05) is 0 Å². The minimum atomic E-state index is 1.13. The van der Waals surface area contributed by atoms with E-state index in [2.05, 4.69) is 48.5 Å². The normalized spacial score (nSPS) is 9.85. The Morgan fingerprint density at radius 2 is 1.15 bits per heavy atom. The third-order valence-corrected chi connectivity index (χ3v) is 2.83. The molecule has 0 N–H and O–H groups in total. The van der Waals surface area contributed by atoms with Gasteiger partial charge in [0.05, 0.1) is 0 Å². The highest BCUT2D eigenvalue weighted by atomic mass is 27.0. The molecule has 0 aliphatic rings. The third-order valence-electron chi connectivity index (χ3n) is 2.16. The predicted octanol–water partition coefficient (Wildman–Crippen LogP) is 1.61. The molecular formula is C12H11Al. The Morgan fingerprint density at radius 1 is 0.615 bits per heavy atom. The first-order chi connectivity index (χ1) is 6.36. The summed E-state index contributed by atoms with van der Waals surface area (Å²) in [4.78, 5) is 0. The first kappa shape index (κ1) is 8.57. The summed E-state index contributed by atoms with van der Waals surface area (Å²) in [6.45, 7) is 0. The zero-order valence-corrected chi connectivity index (χ0v) is 9.70. The smallest absolute Gasteiger partial charge is 0.121 e. The minimum absolute atomic E-state index is 1.13. The summed E-state index contributed by atoms with van der Waals surface area (Å²) in [6.07, 6.45) is 0. The van der Waals surface area contributed by atoms with Crippen molar-refractivity contribution in [1.29, 1.82) is 0 Å². The fourth-order valence-electron chi connectivity index (χ4n) is 1.38. The van der Waals surface area contributed by atoms with E-state index in [4.69, 9.17) is 0 Å². The number of hydrogen-bond donors (Lipinski definition) is 0. The second kappa shape index (κ2) is 3.79. The van der Waals surface area contributed by atoms with E-state index in [0.29, 0.717) is 0 Å². The Balaban J connectivity index is 2.42. The van der Waals surface area contributed by atoms with E-state index < -0.39 is 0 Å². The topological polar surface area (TPSA) is 0 Å². The first-order valence-corrected chi connectivity index (χ1v) is 5.48. The van der Waals surface area contributed by atoms with Gasteiger partial charge >= 0.3 is 0 Å². The van der Waals surface area contributed by atoms with E-state index in [-0.39, 0.29) is 0 Å². The van der Waals surface area contributed by atoms with Crippen molar-refractivity contribution in [3.8, 4) is 11.1 Å². The van der Waals surface area contributed by atoms with Crippen LogP contribution in [0.2, 0.25) is 0 Å². The van der Waals surface area contributed by atoms with E-state index in [1.807, 2.05) is 6.07 Å². The summed E-state index contributed by atoms with van der Waals surface area (Å²) in [5.74, 6) is 0. The summed E-state index contributed by atoms with van der Waals surface area (Å²) < 4.78 is 1.44. The monoisotopic (exact) mass is 182 g/mol. The van der Waals surface area contributed by atoms with Gasteiger partial charge in [0.1, 0.15) is 0 Å². The van der Waals surface area contributed by atoms with Crippen molar-refractivity contribution in [2.45, 2.75) is 0 Å². The van der Waals surface area contributed by atoms with Crippen LogP contribution < -0.4 is 4.43 Å². The van der Waals surface area contributed by atoms with Gasteiger partial charge in [0.15, 0.2) is 0 Å². The Morgan fingerprint density at radius 3 is 1.77 bits per heavy atom. The molecule has 0 radical (unpaired) electrons. The molecule has 0 fully saturated rings. The average molecular weight is 182 g/mol. The van der Waals surface area contributed by atoms with Crippen LogP contribution >= 0.6 is 0 Å². The molecule has 0 nitrogen and oxygen atoms in total. The molecule has 2 aromatic carbocycles. The number of rotatable bonds is 1. The van der Waals surface area contributed by atoms with Gasteiger partial charge in [-0.2, -0.15) is 0 Å². The van der Waals surface area contributed by atoms with Gasteiger partial charge in [0.25, 0.3) is 16.3 Å². The largest absolute Gasteiger partial charge is 0.258 e. The molecule has 0 unspecified atom stereocenters. The van der Waals surface area contributed by atoms with Gasteiger partial charge in [-0.3, -0.25) is 0 Å². The Kier molecular flexibility index (Phi) is 2.50. The molecular weight excluding hydrogens is 171 g/mol. The molecule has 0 spiro atoms. The van der Waals surface area contributed by atoms with Crippen LogP contribution in [-0.4, -0.2) is 16.3 Å². The fraction of sp³-hybridized carbons (Fsp3) is 0. The predicted molar refractivity (Wildman–Crippen MR) is 60.1 cm³/mol. The van der Waals surface area contributed by atoms with Gasteiger partial charge in [-0.1, -0.05) is 54.6 Å². The summed E-state index contributed by atoms with van der Waals surface area (Å²) in [5, 5.41) is 0. The van der Waals surface area contributed by atoms with E-state index in [9.17, 15) is 0 Å². The third kappa shape index (κ3) is 2.01. The standard InChI is InChI=1S/C12H9.Al.2H/c1-3-7-11(8-4-1)12-9-5-2-6-10-12;;;/h1,3-10H;;;. The average Bonchev–Trinajstić information content (AvgIpc) is 2.20.